The van der Waals surface area contributed by atoms with Gasteiger partial charge in [0.1, 0.15) is 22.7 Å². The number of nitrogens with two attached hydrogens (primary N) is 2. The van der Waals surface area contributed by atoms with E-state index >= 15 is 0 Å². The minimum Gasteiger partial charge on any atom is -0.491 e. The van der Waals surface area contributed by atoms with E-state index in [2.05, 4.69) is 29.9 Å². The third kappa shape index (κ3) is 6.19. The number of benzene rings is 2. The van der Waals surface area contributed by atoms with E-state index in [0.29, 0.717) is 68.1 Å². The fourth-order valence-corrected chi connectivity index (χ4v) is 6.77. The van der Waals surface area contributed by atoms with E-state index in [9.17, 15) is 0 Å². The van der Waals surface area contributed by atoms with Gasteiger partial charge < -0.3 is 41.0 Å². The zero-order valence-corrected chi connectivity index (χ0v) is 27.2. The van der Waals surface area contributed by atoms with Gasteiger partial charge in [0.15, 0.2) is 5.15 Å². The summed E-state index contributed by atoms with van der Waals surface area (Å²) in [6.07, 6.45) is 4.87. The maximum Gasteiger partial charge on any atom is 0.490 e. The number of anilines is 2. The van der Waals surface area contributed by atoms with Crippen molar-refractivity contribution >= 4 is 105 Å². The first-order valence-corrected chi connectivity index (χ1v) is 15.4. The second-order valence-electron chi connectivity index (χ2n) is 9.93. The molecule has 18 heteroatoms. The van der Waals surface area contributed by atoms with Crippen LogP contribution in [0.2, 0.25) is 25.2 Å². The van der Waals surface area contributed by atoms with Crippen LogP contribution in [-0.2, 0) is 12.8 Å². The Kier molecular flexibility index (Phi) is 9.26. The lowest BCUT2D eigenvalue weighted by molar-refractivity contribution is 0.357. The lowest BCUT2D eigenvalue weighted by Gasteiger charge is -2.12. The van der Waals surface area contributed by atoms with Crippen molar-refractivity contribution in [3.05, 3.63) is 73.0 Å². The normalized spacial score (nSPS) is 12.8. The number of H-pyrrole nitrogens is 2. The standard InChI is InChI=1S/C14H10Cl2N4O.C8H7BCl2O3.C6H5ClN4/c15-7-5-8(16)13-6(2-4-21-13)10(7)12-11-9(1-3-18-11)19-14(17)20-12;10-5-3-6(11)8-4(1-2-14-8)7(5)9(12)13;7-5-4-3(1-2-9-4)10-6(8)11-5/h1,3,5,18H,2,4H2,(H2,17,19,20);3,12-13H,1-2H2;1-2,9H,(H2,8,10,11). The molecule has 0 amide bonds. The lowest BCUT2D eigenvalue weighted by Crippen LogP contribution is -2.33. The lowest BCUT2D eigenvalue weighted by atomic mass is 9.76. The molecule has 0 radical (unpaired) electrons. The molecule has 0 saturated heterocycles. The zero-order valence-electron chi connectivity index (χ0n) is 23.4. The molecule has 2 aromatic carbocycles. The molecule has 236 valence electrons. The number of aromatic amines is 2. The Morgan fingerprint density at radius 1 is 0.696 bits per heavy atom. The molecule has 2 aliphatic rings. The summed E-state index contributed by atoms with van der Waals surface area (Å²) < 4.78 is 10.9. The van der Waals surface area contributed by atoms with Gasteiger partial charge in [0.05, 0.1) is 44.8 Å². The van der Waals surface area contributed by atoms with E-state index in [0.717, 1.165) is 39.6 Å². The summed E-state index contributed by atoms with van der Waals surface area (Å²) in [6, 6.07) is 6.77. The highest BCUT2D eigenvalue weighted by atomic mass is 35.5. The highest BCUT2D eigenvalue weighted by molar-refractivity contribution is 6.63. The van der Waals surface area contributed by atoms with Crippen LogP contribution in [0.4, 0.5) is 11.9 Å². The van der Waals surface area contributed by atoms with Gasteiger partial charge in [0.2, 0.25) is 11.9 Å². The number of nitrogens with zero attached hydrogens (tertiary/aromatic N) is 4. The van der Waals surface area contributed by atoms with Gasteiger partial charge in [-0.05, 0) is 24.3 Å². The number of halogens is 5. The van der Waals surface area contributed by atoms with Crippen molar-refractivity contribution in [2.24, 2.45) is 0 Å². The first-order valence-electron chi connectivity index (χ1n) is 13.5. The summed E-state index contributed by atoms with van der Waals surface area (Å²) in [5.41, 5.74) is 17.6. The second kappa shape index (κ2) is 13.2. The minimum atomic E-state index is -1.59. The van der Waals surface area contributed by atoms with E-state index in [1.807, 2.05) is 6.07 Å². The van der Waals surface area contributed by atoms with Gasteiger partial charge in [0, 0.05) is 52.4 Å². The van der Waals surface area contributed by atoms with Crippen LogP contribution in [0, 0.1) is 0 Å². The molecule has 46 heavy (non-hydrogen) atoms. The molecule has 0 bridgehead atoms. The number of aromatic nitrogens is 6. The largest absolute Gasteiger partial charge is 0.491 e. The van der Waals surface area contributed by atoms with E-state index < -0.39 is 7.12 Å². The Labute approximate surface area is 286 Å². The van der Waals surface area contributed by atoms with E-state index in [-0.39, 0.29) is 16.9 Å². The Morgan fingerprint density at radius 3 is 1.89 bits per heavy atom. The number of nitrogens with one attached hydrogen (secondary N) is 2. The van der Waals surface area contributed by atoms with Gasteiger partial charge in [0.25, 0.3) is 0 Å². The van der Waals surface area contributed by atoms with Crippen molar-refractivity contribution in [1.82, 2.24) is 29.9 Å². The van der Waals surface area contributed by atoms with Crippen LogP contribution in [0.15, 0.2) is 36.7 Å². The zero-order chi connectivity index (χ0) is 32.7. The average molecular weight is 723 g/mol. The highest BCUT2D eigenvalue weighted by Crippen LogP contribution is 2.45. The molecule has 0 unspecified atom stereocenters. The second-order valence-corrected chi connectivity index (χ2v) is 11.9. The summed E-state index contributed by atoms with van der Waals surface area (Å²) in [6.45, 7) is 1.08. The minimum absolute atomic E-state index is 0.196. The van der Waals surface area contributed by atoms with Crippen molar-refractivity contribution in [3.63, 3.8) is 0 Å². The van der Waals surface area contributed by atoms with Gasteiger partial charge in [-0.25, -0.2) is 15.0 Å². The van der Waals surface area contributed by atoms with Crippen molar-refractivity contribution in [3.8, 4) is 22.8 Å². The molecule has 12 nitrogen and oxygen atoms in total. The van der Waals surface area contributed by atoms with Crippen LogP contribution in [-0.4, -0.2) is 60.3 Å². The van der Waals surface area contributed by atoms with Crippen LogP contribution in [0.3, 0.4) is 0 Å². The van der Waals surface area contributed by atoms with Crippen LogP contribution in [0.1, 0.15) is 11.1 Å². The van der Waals surface area contributed by atoms with Crippen LogP contribution < -0.4 is 26.4 Å². The summed E-state index contributed by atoms with van der Waals surface area (Å²) in [4.78, 5) is 22.3. The third-order valence-electron chi connectivity index (χ3n) is 7.11. The number of ether oxygens (including phenoxy) is 2. The molecule has 8 rings (SSSR count). The smallest absolute Gasteiger partial charge is 0.490 e. The van der Waals surface area contributed by atoms with Gasteiger partial charge in [-0.3, -0.25) is 0 Å². The summed E-state index contributed by atoms with van der Waals surface area (Å²) >= 11 is 30.1. The number of fused-ring (bicyclic) bond motifs is 4. The SMILES string of the molecule is Nc1nc(-c2c(Cl)cc(Cl)c3c2CCO3)c2[nH]ccc2n1.Nc1nc(Cl)c2[nH]ccc2n1.OB(O)c1c(Cl)cc(Cl)c2c1CCO2. The molecular formula is C28H22BCl5N8O4. The molecule has 0 fully saturated rings. The molecule has 8 N–H and O–H groups in total. The molecule has 0 spiro atoms. The number of nitrogen functional groups attached to an aromatic ring is 2. The topological polar surface area (TPSA) is 194 Å². The Balaban J connectivity index is 0.000000129. The van der Waals surface area contributed by atoms with Crippen LogP contribution in [0.25, 0.3) is 33.3 Å². The maximum absolute atomic E-state index is 9.13. The van der Waals surface area contributed by atoms with E-state index in [4.69, 9.17) is 89.0 Å². The quantitative estimate of drug-likeness (QED) is 0.102. The molecule has 0 saturated carbocycles. The van der Waals surface area contributed by atoms with Crippen LogP contribution in [0.5, 0.6) is 11.5 Å². The molecule has 4 aromatic heterocycles. The predicted octanol–water partition coefficient (Wildman–Crippen LogP) is 5.25. The first-order chi connectivity index (χ1) is 22.0. The molecule has 2 aliphatic heterocycles. The van der Waals surface area contributed by atoms with Gasteiger partial charge in [-0.2, -0.15) is 4.98 Å². The monoisotopic (exact) mass is 720 g/mol. The number of hydrogen-bond acceptors (Lipinski definition) is 10. The third-order valence-corrected chi connectivity index (χ3v) is 8.55. The van der Waals surface area contributed by atoms with Crippen molar-refractivity contribution < 1.29 is 19.5 Å². The fourth-order valence-electron chi connectivity index (χ4n) is 5.23. The summed E-state index contributed by atoms with van der Waals surface area (Å²) in [5.74, 6) is 1.59. The van der Waals surface area contributed by atoms with Crippen molar-refractivity contribution in [2.45, 2.75) is 12.8 Å². The van der Waals surface area contributed by atoms with E-state index in [1.54, 1.807) is 24.5 Å². The number of rotatable bonds is 2. The highest BCUT2D eigenvalue weighted by Gasteiger charge is 2.28. The Hall–Kier alpha value is -3.69. The van der Waals surface area contributed by atoms with Crippen molar-refractivity contribution in [1.29, 1.82) is 0 Å². The average Bonchev–Trinajstić information content (AvgIpc) is 3.80. The van der Waals surface area contributed by atoms with Gasteiger partial charge >= 0.3 is 7.12 Å². The van der Waals surface area contributed by atoms with Gasteiger partial charge in [-0.1, -0.05) is 58.0 Å². The van der Waals surface area contributed by atoms with Crippen LogP contribution >= 0.6 is 58.0 Å². The van der Waals surface area contributed by atoms with E-state index in [1.165, 1.54) is 6.07 Å². The predicted molar refractivity (Wildman–Crippen MR) is 182 cm³/mol. The first kappa shape index (κ1) is 32.3. The molecule has 6 heterocycles. The Morgan fingerprint density at radius 2 is 1.24 bits per heavy atom. The molecule has 0 atom stereocenters. The number of hydrogen-bond donors (Lipinski definition) is 6. The Bertz CT molecular complexity index is 2110. The van der Waals surface area contributed by atoms with Gasteiger partial charge in [-0.15, -0.1) is 0 Å². The molecule has 6 aromatic rings. The van der Waals surface area contributed by atoms with Crippen molar-refractivity contribution in [2.75, 3.05) is 24.7 Å². The molecule has 0 aliphatic carbocycles. The fraction of sp³-hybridized carbons (Fsp3) is 0.143. The molecular weight excluding hydrogens is 700 g/mol. The summed E-state index contributed by atoms with van der Waals surface area (Å²) in [7, 11) is -1.59. The summed E-state index contributed by atoms with van der Waals surface area (Å²) in [5, 5.41) is 20.3. The maximum atomic E-state index is 9.13.